The number of hydrogen-bond donors (Lipinski definition) is 1. The highest BCUT2D eigenvalue weighted by Gasteiger charge is 2.30. The molecule has 0 amide bonds. The molecule has 0 bridgehead atoms. The fraction of sp³-hybridized carbons (Fsp3) is 0.538. The highest BCUT2D eigenvalue weighted by atomic mass is 35.5. The van der Waals surface area contributed by atoms with E-state index in [1.54, 1.807) is 0 Å². The average Bonchev–Trinajstić information content (AvgIpc) is 3.04. The van der Waals surface area contributed by atoms with Gasteiger partial charge in [0.25, 0.3) is 0 Å². The van der Waals surface area contributed by atoms with Crippen molar-refractivity contribution >= 4 is 11.6 Å². The fourth-order valence-corrected chi connectivity index (χ4v) is 2.45. The van der Waals surface area contributed by atoms with Crippen LogP contribution in [0, 0.1) is 11.8 Å². The summed E-state index contributed by atoms with van der Waals surface area (Å²) in [5.41, 5.74) is 6.94. The van der Waals surface area contributed by atoms with E-state index < -0.39 is 0 Å². The Morgan fingerprint density at radius 2 is 2.07 bits per heavy atom. The standard InChI is InChI=1S/C13H18ClN/c14-13-4-2-1-3-12(13)9-11(7-8-15)10-5-6-10/h1-4,10-11H,5-9,15H2. The molecule has 1 atom stereocenters. The van der Waals surface area contributed by atoms with Gasteiger partial charge in [-0.3, -0.25) is 0 Å². The normalized spacial score (nSPS) is 17.7. The van der Waals surface area contributed by atoms with E-state index in [0.29, 0.717) is 0 Å². The van der Waals surface area contributed by atoms with Gasteiger partial charge in [0.15, 0.2) is 0 Å². The van der Waals surface area contributed by atoms with Crippen LogP contribution in [0.3, 0.4) is 0 Å². The van der Waals surface area contributed by atoms with Crippen LogP contribution in [0.2, 0.25) is 5.02 Å². The van der Waals surface area contributed by atoms with E-state index in [-0.39, 0.29) is 0 Å². The molecule has 0 saturated heterocycles. The third kappa shape index (κ3) is 2.96. The second-order valence-electron chi connectivity index (χ2n) is 4.47. The van der Waals surface area contributed by atoms with Crippen molar-refractivity contribution in [2.24, 2.45) is 17.6 Å². The SMILES string of the molecule is NCCC(Cc1ccccc1Cl)C1CC1. The smallest absolute Gasteiger partial charge is 0.0438 e. The molecule has 0 radical (unpaired) electrons. The van der Waals surface area contributed by atoms with Crippen molar-refractivity contribution < 1.29 is 0 Å². The van der Waals surface area contributed by atoms with E-state index in [2.05, 4.69) is 12.1 Å². The van der Waals surface area contributed by atoms with Gasteiger partial charge < -0.3 is 5.73 Å². The van der Waals surface area contributed by atoms with Crippen LogP contribution in [0.15, 0.2) is 24.3 Å². The maximum Gasteiger partial charge on any atom is 0.0438 e. The molecule has 1 aromatic rings. The van der Waals surface area contributed by atoms with Crippen LogP contribution in [0.25, 0.3) is 0 Å². The maximum absolute atomic E-state index is 6.16. The molecule has 2 N–H and O–H groups in total. The monoisotopic (exact) mass is 223 g/mol. The van der Waals surface area contributed by atoms with Crippen LogP contribution in [-0.4, -0.2) is 6.54 Å². The predicted molar refractivity (Wildman–Crippen MR) is 65.0 cm³/mol. The molecule has 2 heteroatoms. The topological polar surface area (TPSA) is 26.0 Å². The summed E-state index contributed by atoms with van der Waals surface area (Å²) in [6.45, 7) is 0.797. The van der Waals surface area contributed by atoms with Gasteiger partial charge in [-0.05, 0) is 55.7 Å². The summed E-state index contributed by atoms with van der Waals surface area (Å²) in [7, 11) is 0. The number of benzene rings is 1. The zero-order valence-electron chi connectivity index (χ0n) is 8.95. The Labute approximate surface area is 96.6 Å². The number of halogens is 1. The van der Waals surface area contributed by atoms with Gasteiger partial charge in [-0.2, -0.15) is 0 Å². The Morgan fingerprint density at radius 3 is 2.67 bits per heavy atom. The first-order valence-electron chi connectivity index (χ1n) is 5.74. The number of rotatable bonds is 5. The third-order valence-corrected chi connectivity index (χ3v) is 3.63. The molecule has 15 heavy (non-hydrogen) atoms. The summed E-state index contributed by atoms with van der Waals surface area (Å²) < 4.78 is 0. The Bertz CT molecular complexity index is 320. The summed E-state index contributed by atoms with van der Waals surface area (Å²) in [6, 6.07) is 8.16. The first kappa shape index (κ1) is 11.0. The summed E-state index contributed by atoms with van der Waals surface area (Å²) >= 11 is 6.16. The van der Waals surface area contributed by atoms with Gasteiger partial charge in [-0.1, -0.05) is 29.8 Å². The molecule has 0 aliphatic heterocycles. The summed E-state index contributed by atoms with van der Waals surface area (Å²) in [6.07, 6.45) is 5.00. The van der Waals surface area contributed by atoms with Gasteiger partial charge in [0.05, 0.1) is 0 Å². The van der Waals surface area contributed by atoms with E-state index >= 15 is 0 Å². The minimum Gasteiger partial charge on any atom is -0.330 e. The Morgan fingerprint density at radius 1 is 1.33 bits per heavy atom. The van der Waals surface area contributed by atoms with Crippen LogP contribution < -0.4 is 5.73 Å². The maximum atomic E-state index is 6.16. The minimum atomic E-state index is 0.745. The highest BCUT2D eigenvalue weighted by molar-refractivity contribution is 6.31. The van der Waals surface area contributed by atoms with Crippen LogP contribution in [-0.2, 0) is 6.42 Å². The van der Waals surface area contributed by atoms with Gasteiger partial charge in [0.2, 0.25) is 0 Å². The molecule has 1 nitrogen and oxygen atoms in total. The second kappa shape index (κ2) is 5.00. The summed E-state index contributed by atoms with van der Waals surface area (Å²) in [4.78, 5) is 0. The zero-order chi connectivity index (χ0) is 10.7. The van der Waals surface area contributed by atoms with Gasteiger partial charge >= 0.3 is 0 Å². The molecule has 1 fully saturated rings. The summed E-state index contributed by atoms with van der Waals surface area (Å²) in [5, 5.41) is 0.903. The zero-order valence-corrected chi connectivity index (χ0v) is 9.71. The van der Waals surface area contributed by atoms with Gasteiger partial charge in [-0.25, -0.2) is 0 Å². The molecule has 1 saturated carbocycles. The molecule has 1 aliphatic carbocycles. The molecule has 82 valence electrons. The first-order valence-corrected chi connectivity index (χ1v) is 6.12. The lowest BCUT2D eigenvalue weighted by Crippen LogP contribution is -2.13. The lowest BCUT2D eigenvalue weighted by molar-refractivity contribution is 0.432. The summed E-state index contributed by atoms with van der Waals surface area (Å²) in [5.74, 6) is 1.65. The Balaban J connectivity index is 2.02. The third-order valence-electron chi connectivity index (χ3n) is 3.27. The lowest BCUT2D eigenvalue weighted by atomic mass is 9.92. The van der Waals surface area contributed by atoms with Crippen molar-refractivity contribution in [3.05, 3.63) is 34.9 Å². The van der Waals surface area contributed by atoms with Crippen LogP contribution >= 0.6 is 11.6 Å². The molecular weight excluding hydrogens is 206 g/mol. The predicted octanol–water partition coefficient (Wildman–Crippen LogP) is 3.26. The van der Waals surface area contributed by atoms with Gasteiger partial charge in [-0.15, -0.1) is 0 Å². The van der Waals surface area contributed by atoms with Gasteiger partial charge in [0, 0.05) is 5.02 Å². The van der Waals surface area contributed by atoms with Crippen molar-refractivity contribution in [1.82, 2.24) is 0 Å². The highest BCUT2D eigenvalue weighted by Crippen LogP contribution is 2.40. The van der Waals surface area contributed by atoms with Crippen LogP contribution in [0.5, 0.6) is 0 Å². The van der Waals surface area contributed by atoms with Crippen molar-refractivity contribution in [3.8, 4) is 0 Å². The minimum absolute atomic E-state index is 0.745. The average molecular weight is 224 g/mol. The Kier molecular flexibility index (Phi) is 3.66. The molecule has 1 aromatic carbocycles. The van der Waals surface area contributed by atoms with Crippen molar-refractivity contribution in [3.63, 3.8) is 0 Å². The van der Waals surface area contributed by atoms with E-state index in [9.17, 15) is 0 Å². The first-order chi connectivity index (χ1) is 7.31. The second-order valence-corrected chi connectivity index (χ2v) is 4.88. The van der Waals surface area contributed by atoms with Crippen molar-refractivity contribution in [2.45, 2.75) is 25.7 Å². The molecular formula is C13H18ClN. The number of nitrogens with two attached hydrogens (primary N) is 1. The Hall–Kier alpha value is -0.530. The molecule has 2 rings (SSSR count). The lowest BCUT2D eigenvalue weighted by Gasteiger charge is -2.15. The van der Waals surface area contributed by atoms with Crippen LogP contribution in [0.1, 0.15) is 24.8 Å². The van der Waals surface area contributed by atoms with Crippen LogP contribution in [0.4, 0.5) is 0 Å². The van der Waals surface area contributed by atoms with Crippen molar-refractivity contribution in [1.29, 1.82) is 0 Å². The van der Waals surface area contributed by atoms with E-state index in [0.717, 1.165) is 36.2 Å². The molecule has 1 unspecified atom stereocenters. The molecule has 0 heterocycles. The van der Waals surface area contributed by atoms with E-state index in [1.165, 1.54) is 18.4 Å². The van der Waals surface area contributed by atoms with Crippen molar-refractivity contribution in [2.75, 3.05) is 6.54 Å². The molecule has 1 aliphatic rings. The fourth-order valence-electron chi connectivity index (χ4n) is 2.23. The largest absolute Gasteiger partial charge is 0.330 e. The number of hydrogen-bond acceptors (Lipinski definition) is 1. The quantitative estimate of drug-likeness (QED) is 0.815. The van der Waals surface area contributed by atoms with E-state index in [4.69, 9.17) is 17.3 Å². The van der Waals surface area contributed by atoms with Gasteiger partial charge in [0.1, 0.15) is 0 Å². The van der Waals surface area contributed by atoms with E-state index in [1.807, 2.05) is 12.1 Å². The molecule has 0 spiro atoms. The molecule has 0 aromatic heterocycles.